The van der Waals surface area contributed by atoms with E-state index in [0.29, 0.717) is 26.2 Å². The van der Waals surface area contributed by atoms with Crippen molar-refractivity contribution in [3.63, 3.8) is 0 Å². The van der Waals surface area contributed by atoms with Gasteiger partial charge < -0.3 is 25.4 Å². The van der Waals surface area contributed by atoms with E-state index in [-0.39, 0.29) is 12.6 Å². The third-order valence-electron chi connectivity index (χ3n) is 2.46. The van der Waals surface area contributed by atoms with Crippen LogP contribution in [0.1, 0.15) is 6.92 Å². The third-order valence-corrected chi connectivity index (χ3v) is 2.46. The first-order valence-corrected chi connectivity index (χ1v) is 6.32. The highest BCUT2D eigenvalue weighted by molar-refractivity contribution is 5.94. The minimum Gasteiger partial charge on any atom is -0.460 e. The number of urea groups is 1. The number of ether oxygens (including phenoxy) is 1. The predicted octanol–water partition coefficient (Wildman–Crippen LogP) is -1.39. The van der Waals surface area contributed by atoms with Crippen molar-refractivity contribution in [3.05, 3.63) is 12.2 Å². The van der Waals surface area contributed by atoms with Crippen LogP contribution >= 0.6 is 0 Å². The van der Waals surface area contributed by atoms with Crippen molar-refractivity contribution in [2.75, 3.05) is 32.8 Å². The first-order valence-electron chi connectivity index (χ1n) is 6.32. The van der Waals surface area contributed by atoms with Gasteiger partial charge in [0.15, 0.2) is 0 Å². The van der Waals surface area contributed by atoms with Crippen molar-refractivity contribution in [2.24, 2.45) is 0 Å². The monoisotopic (exact) mass is 285 g/mol. The molecule has 1 aliphatic rings. The maximum absolute atomic E-state index is 11.4. The Morgan fingerprint density at radius 1 is 1.55 bits per heavy atom. The van der Waals surface area contributed by atoms with E-state index in [1.54, 1.807) is 4.90 Å². The van der Waals surface area contributed by atoms with Crippen molar-refractivity contribution < 1.29 is 24.2 Å². The highest BCUT2D eigenvalue weighted by atomic mass is 16.5. The molecule has 1 atom stereocenters. The minimum atomic E-state index is -0.743. The average molecular weight is 285 g/mol. The van der Waals surface area contributed by atoms with Crippen molar-refractivity contribution in [1.29, 1.82) is 0 Å². The van der Waals surface area contributed by atoms with E-state index in [9.17, 15) is 14.4 Å². The number of aliphatic hydroxyl groups excluding tert-OH is 1. The molecule has 20 heavy (non-hydrogen) atoms. The number of hydrogen-bond acceptors (Lipinski definition) is 5. The molecule has 1 heterocycles. The number of esters is 1. The van der Waals surface area contributed by atoms with Gasteiger partial charge in [0.2, 0.25) is 5.91 Å². The van der Waals surface area contributed by atoms with E-state index in [2.05, 4.69) is 15.4 Å². The number of amides is 3. The summed E-state index contributed by atoms with van der Waals surface area (Å²) in [6.07, 6.45) is 1.29. The lowest BCUT2D eigenvalue weighted by Crippen LogP contribution is -2.36. The van der Waals surface area contributed by atoms with Crippen LogP contribution in [-0.2, 0) is 14.3 Å². The molecule has 1 fully saturated rings. The fraction of sp³-hybridized carbons (Fsp3) is 0.583. The molecule has 0 aromatic carbocycles. The summed E-state index contributed by atoms with van der Waals surface area (Å²) in [5, 5.41) is 14.1. The average Bonchev–Trinajstić information content (AvgIpc) is 2.79. The highest BCUT2D eigenvalue weighted by Gasteiger charge is 2.18. The first kappa shape index (κ1) is 16.0. The Morgan fingerprint density at radius 2 is 2.30 bits per heavy atom. The normalized spacial score (nSPS) is 16.1. The zero-order chi connectivity index (χ0) is 15.0. The van der Waals surface area contributed by atoms with Gasteiger partial charge in [0.1, 0.15) is 6.61 Å². The SMILES string of the molecule is CC(O)COC(=O)/C=C/C(=O)NCCN1CCNC1=O. The van der Waals surface area contributed by atoms with Gasteiger partial charge in [0.05, 0.1) is 6.10 Å². The van der Waals surface area contributed by atoms with Gasteiger partial charge in [-0.3, -0.25) is 4.79 Å². The number of hydrogen-bond donors (Lipinski definition) is 3. The molecule has 0 bridgehead atoms. The molecule has 8 nitrogen and oxygen atoms in total. The Hall–Kier alpha value is -2.09. The maximum Gasteiger partial charge on any atom is 0.331 e. The van der Waals surface area contributed by atoms with Crippen molar-refractivity contribution >= 4 is 17.9 Å². The molecule has 0 spiro atoms. The molecule has 3 amide bonds. The fourth-order valence-electron chi connectivity index (χ4n) is 1.49. The smallest absolute Gasteiger partial charge is 0.331 e. The lowest BCUT2D eigenvalue weighted by atomic mass is 10.4. The summed E-state index contributed by atoms with van der Waals surface area (Å²) in [6, 6.07) is -0.142. The predicted molar refractivity (Wildman–Crippen MR) is 69.8 cm³/mol. The standard InChI is InChI=1S/C12H19N3O5/c1-9(16)8-20-11(18)3-2-10(17)13-4-6-15-7-5-14-12(15)19/h2-3,9,16H,4-8H2,1H3,(H,13,17)(H,14,19)/b3-2+. The van der Waals surface area contributed by atoms with E-state index in [4.69, 9.17) is 5.11 Å². The van der Waals surface area contributed by atoms with E-state index in [1.807, 2.05) is 0 Å². The summed E-state index contributed by atoms with van der Waals surface area (Å²) in [5.41, 5.74) is 0. The second-order valence-electron chi connectivity index (χ2n) is 4.32. The van der Waals surface area contributed by atoms with Crippen LogP contribution in [0, 0.1) is 0 Å². The lowest BCUT2D eigenvalue weighted by molar-refractivity contribution is -0.140. The van der Waals surface area contributed by atoms with Crippen molar-refractivity contribution in [3.8, 4) is 0 Å². The summed E-state index contributed by atoms with van der Waals surface area (Å²) < 4.78 is 4.64. The zero-order valence-electron chi connectivity index (χ0n) is 11.3. The molecule has 0 radical (unpaired) electrons. The molecule has 1 saturated heterocycles. The van der Waals surface area contributed by atoms with E-state index < -0.39 is 18.0 Å². The summed E-state index contributed by atoms with van der Waals surface area (Å²) in [4.78, 5) is 35.3. The van der Waals surface area contributed by atoms with Crippen LogP contribution in [0.4, 0.5) is 4.79 Å². The minimum absolute atomic E-state index is 0.116. The highest BCUT2D eigenvalue weighted by Crippen LogP contribution is 1.94. The van der Waals surface area contributed by atoms with Crippen LogP contribution in [0.15, 0.2) is 12.2 Å². The number of aliphatic hydroxyl groups is 1. The quantitative estimate of drug-likeness (QED) is 0.394. The van der Waals surface area contributed by atoms with Gasteiger partial charge in [-0.15, -0.1) is 0 Å². The summed E-state index contributed by atoms with van der Waals surface area (Å²) in [6.45, 7) is 3.32. The van der Waals surface area contributed by atoms with Crippen LogP contribution in [0.25, 0.3) is 0 Å². The van der Waals surface area contributed by atoms with Crippen molar-refractivity contribution in [1.82, 2.24) is 15.5 Å². The number of nitrogens with one attached hydrogen (secondary N) is 2. The zero-order valence-corrected chi connectivity index (χ0v) is 11.3. The molecular formula is C12H19N3O5. The Labute approximate surface area is 116 Å². The Bertz CT molecular complexity index is 395. The molecule has 3 N–H and O–H groups in total. The number of carbonyl (C=O) groups excluding carboxylic acids is 3. The summed E-state index contributed by atoms with van der Waals surface area (Å²) in [7, 11) is 0. The van der Waals surface area contributed by atoms with Gasteiger partial charge in [-0.2, -0.15) is 0 Å². The lowest BCUT2D eigenvalue weighted by Gasteiger charge is -2.13. The molecule has 1 aliphatic heterocycles. The molecule has 0 aromatic rings. The van der Waals surface area contributed by atoms with E-state index >= 15 is 0 Å². The molecular weight excluding hydrogens is 266 g/mol. The largest absolute Gasteiger partial charge is 0.460 e. The molecule has 1 rings (SSSR count). The third kappa shape index (κ3) is 6.19. The van der Waals surface area contributed by atoms with Crippen LogP contribution in [0.2, 0.25) is 0 Å². The van der Waals surface area contributed by atoms with Gasteiger partial charge in [0, 0.05) is 38.3 Å². The van der Waals surface area contributed by atoms with E-state index in [0.717, 1.165) is 12.2 Å². The number of nitrogens with zero attached hydrogens (tertiary/aromatic N) is 1. The second kappa shape index (κ2) is 8.16. The fourth-order valence-corrected chi connectivity index (χ4v) is 1.49. The van der Waals surface area contributed by atoms with Gasteiger partial charge in [-0.1, -0.05) is 0 Å². The van der Waals surface area contributed by atoms with Crippen molar-refractivity contribution in [2.45, 2.75) is 13.0 Å². The van der Waals surface area contributed by atoms with Gasteiger partial charge in [-0.05, 0) is 6.92 Å². The van der Waals surface area contributed by atoms with Crippen LogP contribution in [0.3, 0.4) is 0 Å². The molecule has 112 valence electrons. The second-order valence-corrected chi connectivity index (χ2v) is 4.32. The molecule has 0 aromatic heterocycles. The summed E-state index contributed by atoms with van der Waals surface area (Å²) in [5.74, 6) is -1.14. The van der Waals surface area contributed by atoms with Gasteiger partial charge in [0.25, 0.3) is 0 Å². The number of carbonyl (C=O) groups is 3. The number of rotatable bonds is 7. The molecule has 0 saturated carbocycles. The van der Waals surface area contributed by atoms with Crippen LogP contribution in [0.5, 0.6) is 0 Å². The molecule has 8 heteroatoms. The van der Waals surface area contributed by atoms with Crippen LogP contribution in [-0.4, -0.2) is 66.8 Å². The first-order chi connectivity index (χ1) is 9.49. The topological polar surface area (TPSA) is 108 Å². The van der Waals surface area contributed by atoms with E-state index in [1.165, 1.54) is 6.92 Å². The molecule has 1 unspecified atom stereocenters. The van der Waals surface area contributed by atoms with Gasteiger partial charge in [-0.25, -0.2) is 9.59 Å². The maximum atomic E-state index is 11.4. The van der Waals surface area contributed by atoms with Gasteiger partial charge >= 0.3 is 12.0 Å². The van der Waals surface area contributed by atoms with Crippen LogP contribution < -0.4 is 10.6 Å². The summed E-state index contributed by atoms with van der Waals surface area (Å²) >= 11 is 0. The molecule has 0 aliphatic carbocycles. The Morgan fingerprint density at radius 3 is 2.90 bits per heavy atom. The Balaban J connectivity index is 2.16. The Kier molecular flexibility index (Phi) is 6.51.